The van der Waals surface area contributed by atoms with Crippen molar-refractivity contribution in [2.45, 2.75) is 31.7 Å². The van der Waals surface area contributed by atoms with Crippen LogP contribution in [0.3, 0.4) is 0 Å². The van der Waals surface area contributed by atoms with Gasteiger partial charge in [0.15, 0.2) is 0 Å². The van der Waals surface area contributed by atoms with Gasteiger partial charge >= 0.3 is 0 Å². The summed E-state index contributed by atoms with van der Waals surface area (Å²) in [7, 11) is 1.63. The van der Waals surface area contributed by atoms with Gasteiger partial charge in [-0.2, -0.15) is 0 Å². The fourth-order valence-corrected chi connectivity index (χ4v) is 6.04. The van der Waals surface area contributed by atoms with Crippen molar-refractivity contribution in [2.24, 2.45) is 5.92 Å². The molecular formula is C28H35N5O5. The lowest BCUT2D eigenvalue weighted by Gasteiger charge is -2.49. The second-order valence-corrected chi connectivity index (χ2v) is 10.3. The molecule has 0 radical (unpaired) electrons. The third-order valence-corrected chi connectivity index (χ3v) is 8.03. The third-order valence-electron chi connectivity index (χ3n) is 8.03. The Bertz CT molecular complexity index is 1200. The standard InChI is InChI=1S/C28H35N5O5/c1-38-26-7-3-2-6-20(26)10-11-29-28(35)23-17-21-16-22(33(36)37)8-9-24(21)32-15-14-30(18-25(23)32)19-27(34)31-12-4-5-13-31/h2-3,6-9,16,23,25H,4-5,10-15,17-19H2,1H3,(H,29,35)/t23-,25-/m0/s1. The molecule has 0 bridgehead atoms. The van der Waals surface area contributed by atoms with E-state index in [-0.39, 0.29) is 29.5 Å². The van der Waals surface area contributed by atoms with Crippen LogP contribution in [0.5, 0.6) is 5.75 Å². The Morgan fingerprint density at radius 1 is 1.11 bits per heavy atom. The highest BCUT2D eigenvalue weighted by molar-refractivity contribution is 5.82. The maximum Gasteiger partial charge on any atom is 0.269 e. The van der Waals surface area contributed by atoms with Gasteiger partial charge in [-0.25, -0.2) is 0 Å². The number of nitro benzene ring substituents is 1. The summed E-state index contributed by atoms with van der Waals surface area (Å²) in [5, 5.41) is 14.5. The lowest BCUT2D eigenvalue weighted by atomic mass is 9.83. The second-order valence-electron chi connectivity index (χ2n) is 10.3. The fourth-order valence-electron chi connectivity index (χ4n) is 6.04. The van der Waals surface area contributed by atoms with Crippen LogP contribution in [0.25, 0.3) is 0 Å². The number of fused-ring (bicyclic) bond motifs is 3. The number of hydrogen-bond acceptors (Lipinski definition) is 7. The number of methoxy groups -OCH3 is 1. The van der Waals surface area contributed by atoms with Crippen LogP contribution < -0.4 is 15.0 Å². The number of carbonyl (C=O) groups excluding carboxylic acids is 2. The van der Waals surface area contributed by atoms with Crippen LogP contribution in [0.2, 0.25) is 0 Å². The number of hydrogen-bond donors (Lipinski definition) is 1. The zero-order valence-corrected chi connectivity index (χ0v) is 21.8. The Morgan fingerprint density at radius 3 is 2.66 bits per heavy atom. The number of amides is 2. The summed E-state index contributed by atoms with van der Waals surface area (Å²) >= 11 is 0. The largest absolute Gasteiger partial charge is 0.496 e. The summed E-state index contributed by atoms with van der Waals surface area (Å²) in [6.45, 7) is 4.43. The van der Waals surface area contributed by atoms with E-state index in [9.17, 15) is 19.7 Å². The van der Waals surface area contributed by atoms with Crippen molar-refractivity contribution >= 4 is 23.2 Å². The number of rotatable bonds is 8. The van der Waals surface area contributed by atoms with Gasteiger partial charge in [0, 0.05) is 57.1 Å². The SMILES string of the molecule is COc1ccccc1CCNC(=O)[C@H]1Cc2cc([N+](=O)[O-])ccc2N2CCN(CC(=O)N3CCCC3)C[C@@H]12. The van der Waals surface area contributed by atoms with E-state index < -0.39 is 4.92 Å². The summed E-state index contributed by atoms with van der Waals surface area (Å²) in [5.74, 6) is 0.490. The van der Waals surface area contributed by atoms with Gasteiger partial charge in [-0.3, -0.25) is 24.6 Å². The van der Waals surface area contributed by atoms with Crippen LogP contribution in [-0.2, 0) is 22.4 Å². The summed E-state index contributed by atoms with van der Waals surface area (Å²) in [5.41, 5.74) is 2.82. The summed E-state index contributed by atoms with van der Waals surface area (Å²) in [6, 6.07) is 12.6. The van der Waals surface area contributed by atoms with E-state index in [0.29, 0.717) is 45.6 Å². The molecule has 0 aromatic heterocycles. The van der Waals surface area contributed by atoms with E-state index in [2.05, 4.69) is 15.1 Å². The van der Waals surface area contributed by atoms with E-state index >= 15 is 0 Å². The predicted molar refractivity (Wildman–Crippen MR) is 143 cm³/mol. The first-order valence-electron chi connectivity index (χ1n) is 13.4. The van der Waals surface area contributed by atoms with Gasteiger partial charge in [0.1, 0.15) is 5.75 Å². The molecule has 0 aliphatic carbocycles. The minimum Gasteiger partial charge on any atom is -0.496 e. The molecule has 2 aromatic carbocycles. The normalized spacial score (nSPS) is 21.0. The molecule has 2 aromatic rings. The highest BCUT2D eigenvalue weighted by Gasteiger charge is 2.42. The smallest absolute Gasteiger partial charge is 0.269 e. The third kappa shape index (κ3) is 5.45. The van der Waals surface area contributed by atoms with Gasteiger partial charge in [-0.05, 0) is 48.9 Å². The molecule has 2 fully saturated rings. The molecule has 0 saturated carbocycles. The zero-order chi connectivity index (χ0) is 26.6. The van der Waals surface area contributed by atoms with E-state index in [1.807, 2.05) is 29.2 Å². The van der Waals surface area contributed by atoms with Gasteiger partial charge < -0.3 is 19.9 Å². The van der Waals surface area contributed by atoms with Gasteiger partial charge in [-0.1, -0.05) is 18.2 Å². The van der Waals surface area contributed by atoms with E-state index in [4.69, 9.17) is 4.74 Å². The van der Waals surface area contributed by atoms with Crippen molar-refractivity contribution in [1.29, 1.82) is 0 Å². The molecular weight excluding hydrogens is 486 g/mol. The maximum absolute atomic E-state index is 13.6. The van der Waals surface area contributed by atoms with Crippen LogP contribution in [0.15, 0.2) is 42.5 Å². The fraction of sp³-hybridized carbons (Fsp3) is 0.500. The number of nitrogens with zero attached hydrogens (tertiary/aromatic N) is 4. The zero-order valence-electron chi connectivity index (χ0n) is 21.8. The second kappa shape index (κ2) is 11.4. The Balaban J connectivity index is 1.32. The van der Waals surface area contributed by atoms with Crippen molar-refractivity contribution in [3.05, 3.63) is 63.7 Å². The average Bonchev–Trinajstić information content (AvgIpc) is 3.48. The number of para-hydroxylation sites is 1. The van der Waals surface area contributed by atoms with Crippen LogP contribution >= 0.6 is 0 Å². The quantitative estimate of drug-likeness (QED) is 0.419. The number of ether oxygens (including phenoxy) is 1. The molecule has 5 rings (SSSR count). The molecule has 3 aliphatic heterocycles. The van der Waals surface area contributed by atoms with Crippen LogP contribution in [0, 0.1) is 16.0 Å². The van der Waals surface area contributed by atoms with Crippen molar-refractivity contribution in [3.8, 4) is 5.75 Å². The first-order valence-corrected chi connectivity index (χ1v) is 13.4. The predicted octanol–water partition coefficient (Wildman–Crippen LogP) is 2.25. The molecule has 202 valence electrons. The molecule has 3 heterocycles. The van der Waals surface area contributed by atoms with E-state index in [1.54, 1.807) is 19.2 Å². The molecule has 10 nitrogen and oxygen atoms in total. The molecule has 2 atom stereocenters. The van der Waals surface area contributed by atoms with Crippen molar-refractivity contribution < 1.29 is 19.2 Å². The Hall–Kier alpha value is -3.66. The lowest BCUT2D eigenvalue weighted by Crippen LogP contribution is -2.62. The number of piperazine rings is 1. The molecule has 3 aliphatic rings. The number of likely N-dealkylation sites (tertiary alicyclic amines) is 1. The number of carbonyl (C=O) groups is 2. The Morgan fingerprint density at radius 2 is 1.89 bits per heavy atom. The Kier molecular flexibility index (Phi) is 7.78. The molecule has 1 N–H and O–H groups in total. The highest BCUT2D eigenvalue weighted by Crippen LogP contribution is 2.38. The lowest BCUT2D eigenvalue weighted by molar-refractivity contribution is -0.384. The topological polar surface area (TPSA) is 108 Å². The molecule has 2 amide bonds. The van der Waals surface area contributed by atoms with Crippen molar-refractivity contribution in [3.63, 3.8) is 0 Å². The summed E-state index contributed by atoms with van der Waals surface area (Å²) < 4.78 is 5.43. The molecule has 10 heteroatoms. The molecule has 0 unspecified atom stereocenters. The Labute approximate surface area is 222 Å². The highest BCUT2D eigenvalue weighted by atomic mass is 16.6. The molecule has 38 heavy (non-hydrogen) atoms. The van der Waals surface area contributed by atoms with Crippen molar-refractivity contribution in [1.82, 2.24) is 15.1 Å². The first-order chi connectivity index (χ1) is 18.4. The first kappa shape index (κ1) is 26.0. The molecule has 0 spiro atoms. The van der Waals surface area contributed by atoms with Crippen LogP contribution in [0.1, 0.15) is 24.0 Å². The minimum atomic E-state index is -0.392. The van der Waals surface area contributed by atoms with Gasteiger partial charge in [-0.15, -0.1) is 0 Å². The number of benzene rings is 2. The van der Waals surface area contributed by atoms with Gasteiger partial charge in [0.25, 0.3) is 5.69 Å². The minimum absolute atomic E-state index is 0.0346. The average molecular weight is 522 g/mol. The number of non-ortho nitro benzene ring substituents is 1. The van der Waals surface area contributed by atoms with Crippen molar-refractivity contribution in [2.75, 3.05) is 57.8 Å². The van der Waals surface area contributed by atoms with Crippen LogP contribution in [0.4, 0.5) is 11.4 Å². The van der Waals surface area contributed by atoms with Gasteiger partial charge in [0.05, 0.1) is 30.5 Å². The van der Waals surface area contributed by atoms with E-state index in [0.717, 1.165) is 48.5 Å². The maximum atomic E-state index is 13.6. The monoisotopic (exact) mass is 521 g/mol. The number of nitro groups is 1. The van der Waals surface area contributed by atoms with Crippen LogP contribution in [-0.4, -0.2) is 85.5 Å². The molecule has 2 saturated heterocycles. The number of anilines is 1. The van der Waals surface area contributed by atoms with E-state index in [1.165, 1.54) is 6.07 Å². The summed E-state index contributed by atoms with van der Waals surface area (Å²) in [4.78, 5) is 43.7. The van der Waals surface area contributed by atoms with Gasteiger partial charge in [0.2, 0.25) is 11.8 Å². The summed E-state index contributed by atoms with van der Waals surface area (Å²) in [6.07, 6.45) is 3.17. The number of nitrogens with one attached hydrogen (secondary N) is 1.